The number of ether oxygens (including phenoxy) is 1. The van der Waals surface area contributed by atoms with Crippen molar-refractivity contribution >= 4 is 0 Å². The van der Waals surface area contributed by atoms with Gasteiger partial charge in [-0.2, -0.15) is 0 Å². The van der Waals surface area contributed by atoms with E-state index in [2.05, 4.69) is 19.2 Å². The zero-order chi connectivity index (χ0) is 8.97. The second-order valence-electron chi connectivity index (χ2n) is 3.87. The van der Waals surface area contributed by atoms with E-state index < -0.39 is 0 Å². The van der Waals surface area contributed by atoms with Crippen molar-refractivity contribution in [3.8, 4) is 0 Å². The Morgan fingerprint density at radius 2 is 2.33 bits per heavy atom. The van der Waals surface area contributed by atoms with Gasteiger partial charge in [0.25, 0.3) is 0 Å². The zero-order valence-electron chi connectivity index (χ0n) is 8.05. The molecule has 0 aromatic heterocycles. The van der Waals surface area contributed by atoms with Crippen molar-refractivity contribution < 1.29 is 4.74 Å². The molecule has 0 bridgehead atoms. The Hall–Kier alpha value is -0.120. The third kappa shape index (κ3) is 2.73. The molecule has 72 valence electrons. The maximum Gasteiger partial charge on any atom is 0.112 e. The minimum absolute atomic E-state index is 0.206. The van der Waals surface area contributed by atoms with Gasteiger partial charge in [-0.25, -0.2) is 0 Å². The Morgan fingerprint density at radius 3 is 2.75 bits per heavy atom. The van der Waals surface area contributed by atoms with E-state index in [4.69, 9.17) is 10.5 Å². The second kappa shape index (κ2) is 4.80. The van der Waals surface area contributed by atoms with Crippen LogP contribution in [0.1, 0.15) is 20.3 Å². The van der Waals surface area contributed by atoms with Crippen LogP contribution in [0.4, 0.5) is 0 Å². The molecule has 0 spiro atoms. The van der Waals surface area contributed by atoms with Crippen molar-refractivity contribution in [2.24, 2.45) is 17.6 Å². The summed E-state index contributed by atoms with van der Waals surface area (Å²) < 4.78 is 5.52. The van der Waals surface area contributed by atoms with Crippen LogP contribution in [0.15, 0.2) is 0 Å². The van der Waals surface area contributed by atoms with E-state index in [0.29, 0.717) is 11.8 Å². The van der Waals surface area contributed by atoms with Crippen LogP contribution in [0.2, 0.25) is 0 Å². The van der Waals surface area contributed by atoms with Gasteiger partial charge < -0.3 is 10.5 Å². The lowest BCUT2D eigenvalue weighted by molar-refractivity contribution is 0.0470. The predicted octanol–water partition coefficient (Wildman–Crippen LogP) is 0.553. The summed E-state index contributed by atoms with van der Waals surface area (Å²) >= 11 is 0. The molecule has 0 aromatic carbocycles. The molecule has 3 heteroatoms. The van der Waals surface area contributed by atoms with E-state index in [1.54, 1.807) is 0 Å². The van der Waals surface area contributed by atoms with Gasteiger partial charge in [-0.05, 0) is 18.9 Å². The fourth-order valence-electron chi connectivity index (χ4n) is 1.70. The summed E-state index contributed by atoms with van der Waals surface area (Å²) in [5.41, 5.74) is 5.68. The third-order valence-corrected chi connectivity index (χ3v) is 2.25. The average Bonchev–Trinajstić information content (AvgIpc) is 2.51. The fourth-order valence-corrected chi connectivity index (χ4v) is 1.70. The van der Waals surface area contributed by atoms with Crippen molar-refractivity contribution in [2.45, 2.75) is 26.5 Å². The van der Waals surface area contributed by atoms with Crippen LogP contribution in [0, 0.1) is 11.8 Å². The van der Waals surface area contributed by atoms with Gasteiger partial charge in [-0.15, -0.1) is 0 Å². The fraction of sp³-hybridized carbons (Fsp3) is 1.00. The molecule has 3 nitrogen and oxygen atoms in total. The molecule has 0 saturated carbocycles. The van der Waals surface area contributed by atoms with Crippen molar-refractivity contribution in [3.05, 3.63) is 0 Å². The molecule has 2 atom stereocenters. The van der Waals surface area contributed by atoms with Gasteiger partial charge in [0, 0.05) is 12.5 Å². The first-order chi connectivity index (χ1) is 5.74. The van der Waals surface area contributed by atoms with E-state index in [1.165, 1.54) is 0 Å². The van der Waals surface area contributed by atoms with Crippen LogP contribution >= 0.6 is 0 Å². The summed E-state index contributed by atoms with van der Waals surface area (Å²) in [6, 6.07) is 0. The molecule has 12 heavy (non-hydrogen) atoms. The van der Waals surface area contributed by atoms with E-state index in [0.717, 1.165) is 26.1 Å². The number of nitrogens with one attached hydrogen (secondary N) is 1. The van der Waals surface area contributed by atoms with Crippen LogP contribution in [0.5, 0.6) is 0 Å². The molecule has 0 radical (unpaired) electrons. The topological polar surface area (TPSA) is 47.3 Å². The van der Waals surface area contributed by atoms with Gasteiger partial charge in [-0.3, -0.25) is 5.32 Å². The quantitative estimate of drug-likeness (QED) is 0.651. The Bertz CT molecular complexity index is 122. The molecule has 1 aliphatic heterocycles. The zero-order valence-corrected chi connectivity index (χ0v) is 8.05. The lowest BCUT2D eigenvalue weighted by Crippen LogP contribution is -2.37. The SMILES string of the molecule is CC(C)CC(CN)C1NCCO1. The Balaban J connectivity index is 2.32. The molecule has 1 rings (SSSR count). The maximum atomic E-state index is 5.68. The van der Waals surface area contributed by atoms with Gasteiger partial charge in [0.2, 0.25) is 0 Å². The van der Waals surface area contributed by atoms with E-state index >= 15 is 0 Å². The summed E-state index contributed by atoms with van der Waals surface area (Å²) in [7, 11) is 0. The average molecular weight is 172 g/mol. The van der Waals surface area contributed by atoms with Crippen molar-refractivity contribution in [2.75, 3.05) is 19.7 Å². The molecule has 3 N–H and O–H groups in total. The van der Waals surface area contributed by atoms with Crippen LogP contribution < -0.4 is 11.1 Å². The van der Waals surface area contributed by atoms with Crippen molar-refractivity contribution in [1.82, 2.24) is 5.32 Å². The molecular weight excluding hydrogens is 152 g/mol. The third-order valence-electron chi connectivity index (χ3n) is 2.25. The van der Waals surface area contributed by atoms with Gasteiger partial charge in [0.1, 0.15) is 6.23 Å². The lowest BCUT2D eigenvalue weighted by Gasteiger charge is -2.22. The highest BCUT2D eigenvalue weighted by molar-refractivity contribution is 4.74. The highest BCUT2D eigenvalue weighted by atomic mass is 16.5. The van der Waals surface area contributed by atoms with Gasteiger partial charge in [0.15, 0.2) is 0 Å². The van der Waals surface area contributed by atoms with E-state index in [9.17, 15) is 0 Å². The molecular formula is C9H20N2O. The number of hydrogen-bond donors (Lipinski definition) is 2. The number of rotatable bonds is 4. The molecule has 1 saturated heterocycles. The molecule has 0 aromatic rings. The van der Waals surface area contributed by atoms with Crippen LogP contribution in [-0.4, -0.2) is 25.9 Å². The predicted molar refractivity (Wildman–Crippen MR) is 49.7 cm³/mol. The van der Waals surface area contributed by atoms with Gasteiger partial charge >= 0.3 is 0 Å². The smallest absolute Gasteiger partial charge is 0.112 e. The highest BCUT2D eigenvalue weighted by Crippen LogP contribution is 2.17. The van der Waals surface area contributed by atoms with Gasteiger partial charge in [-0.1, -0.05) is 13.8 Å². The Kier molecular flexibility index (Phi) is 3.98. The summed E-state index contributed by atoms with van der Waals surface area (Å²) in [5, 5.41) is 3.31. The van der Waals surface area contributed by atoms with Crippen LogP contribution in [-0.2, 0) is 4.74 Å². The maximum absolute atomic E-state index is 5.68. The first-order valence-corrected chi connectivity index (χ1v) is 4.79. The second-order valence-corrected chi connectivity index (χ2v) is 3.87. The number of nitrogens with two attached hydrogens (primary N) is 1. The first kappa shape index (κ1) is 9.96. The lowest BCUT2D eigenvalue weighted by atomic mass is 9.96. The molecule has 1 fully saturated rings. The van der Waals surface area contributed by atoms with Crippen molar-refractivity contribution in [1.29, 1.82) is 0 Å². The number of hydrogen-bond acceptors (Lipinski definition) is 3. The summed E-state index contributed by atoms with van der Waals surface area (Å²) in [6.07, 6.45) is 1.35. The van der Waals surface area contributed by atoms with E-state index in [-0.39, 0.29) is 6.23 Å². The molecule has 0 aliphatic carbocycles. The molecule has 2 unspecified atom stereocenters. The summed E-state index contributed by atoms with van der Waals surface area (Å²) in [5.74, 6) is 1.18. The van der Waals surface area contributed by atoms with E-state index in [1.807, 2.05) is 0 Å². The Morgan fingerprint density at radius 1 is 1.58 bits per heavy atom. The monoisotopic (exact) mass is 172 g/mol. The molecule has 0 amide bonds. The largest absolute Gasteiger partial charge is 0.362 e. The summed E-state index contributed by atoms with van der Waals surface area (Å²) in [4.78, 5) is 0. The standard InChI is InChI=1S/C9H20N2O/c1-7(2)5-8(6-10)9-11-3-4-12-9/h7-9,11H,3-6,10H2,1-2H3. The molecule has 1 aliphatic rings. The minimum atomic E-state index is 0.206. The first-order valence-electron chi connectivity index (χ1n) is 4.79. The van der Waals surface area contributed by atoms with Crippen LogP contribution in [0.25, 0.3) is 0 Å². The highest BCUT2D eigenvalue weighted by Gasteiger charge is 2.24. The van der Waals surface area contributed by atoms with Crippen molar-refractivity contribution in [3.63, 3.8) is 0 Å². The minimum Gasteiger partial charge on any atom is -0.362 e. The normalized spacial score (nSPS) is 26.5. The Labute approximate surface area is 74.7 Å². The van der Waals surface area contributed by atoms with Crippen LogP contribution in [0.3, 0.4) is 0 Å². The van der Waals surface area contributed by atoms with Gasteiger partial charge in [0.05, 0.1) is 6.61 Å². The molecule has 1 heterocycles. The summed E-state index contributed by atoms with van der Waals surface area (Å²) in [6.45, 7) is 6.96.